The lowest BCUT2D eigenvalue weighted by atomic mass is 9.95. The Morgan fingerprint density at radius 1 is 1.07 bits per heavy atom. The average molecular weight is 193 g/mol. The summed E-state index contributed by atoms with van der Waals surface area (Å²) in [6, 6.07) is 0.842. The molecule has 80 valence electrons. The molecule has 2 rings (SSSR count). The van der Waals surface area contributed by atoms with Gasteiger partial charge in [0.25, 0.3) is 0 Å². The fourth-order valence-electron chi connectivity index (χ4n) is 2.72. The Morgan fingerprint density at radius 3 is 2.64 bits per heavy atom. The van der Waals surface area contributed by atoms with Crippen LogP contribution in [0.5, 0.6) is 0 Å². The van der Waals surface area contributed by atoms with Crippen LogP contribution in [0.15, 0.2) is 12.2 Å². The molecular weight excluding hydrogens is 170 g/mol. The van der Waals surface area contributed by atoms with E-state index in [0.717, 1.165) is 12.0 Å². The molecule has 1 unspecified atom stereocenters. The molecule has 0 aromatic rings. The molecule has 2 aliphatic carbocycles. The second kappa shape index (κ2) is 5.55. The van der Waals surface area contributed by atoms with Gasteiger partial charge in [0.05, 0.1) is 0 Å². The Bertz CT molecular complexity index is 180. The van der Waals surface area contributed by atoms with Gasteiger partial charge in [0, 0.05) is 6.04 Å². The molecule has 0 aromatic heterocycles. The molecule has 1 nitrogen and oxygen atoms in total. The number of rotatable bonds is 4. The average Bonchev–Trinajstić information content (AvgIpc) is 2.72. The SMILES string of the molecule is C1=CC(CCNC2CCCCC2)CC1. The highest BCUT2D eigenvalue weighted by molar-refractivity contribution is 4.96. The number of hydrogen-bond donors (Lipinski definition) is 1. The zero-order valence-corrected chi connectivity index (χ0v) is 9.17. The zero-order valence-electron chi connectivity index (χ0n) is 9.17. The van der Waals surface area contributed by atoms with E-state index in [1.54, 1.807) is 0 Å². The summed E-state index contributed by atoms with van der Waals surface area (Å²) in [6.45, 7) is 1.24. The van der Waals surface area contributed by atoms with Crippen molar-refractivity contribution in [2.75, 3.05) is 6.54 Å². The van der Waals surface area contributed by atoms with Gasteiger partial charge in [0.1, 0.15) is 0 Å². The van der Waals surface area contributed by atoms with Crippen molar-refractivity contribution in [3.63, 3.8) is 0 Å². The van der Waals surface area contributed by atoms with Crippen LogP contribution < -0.4 is 5.32 Å². The van der Waals surface area contributed by atoms with Gasteiger partial charge in [-0.1, -0.05) is 31.4 Å². The van der Waals surface area contributed by atoms with Crippen molar-refractivity contribution >= 4 is 0 Å². The van der Waals surface area contributed by atoms with Gasteiger partial charge >= 0.3 is 0 Å². The molecular formula is C13H23N. The summed E-state index contributed by atoms with van der Waals surface area (Å²) in [7, 11) is 0. The fraction of sp³-hybridized carbons (Fsp3) is 0.846. The monoisotopic (exact) mass is 193 g/mol. The first-order chi connectivity index (χ1) is 6.95. The summed E-state index contributed by atoms with van der Waals surface area (Å²) < 4.78 is 0. The van der Waals surface area contributed by atoms with Crippen LogP contribution in [0.2, 0.25) is 0 Å². The first-order valence-corrected chi connectivity index (χ1v) is 6.35. The molecule has 1 atom stereocenters. The highest BCUT2D eigenvalue weighted by Crippen LogP contribution is 2.21. The maximum absolute atomic E-state index is 3.71. The van der Waals surface area contributed by atoms with E-state index in [0.29, 0.717) is 0 Å². The third kappa shape index (κ3) is 3.13. The third-order valence-electron chi connectivity index (χ3n) is 3.67. The lowest BCUT2D eigenvalue weighted by Crippen LogP contribution is -2.32. The van der Waals surface area contributed by atoms with Crippen molar-refractivity contribution in [2.24, 2.45) is 5.92 Å². The van der Waals surface area contributed by atoms with E-state index in [9.17, 15) is 0 Å². The van der Waals surface area contributed by atoms with E-state index in [-0.39, 0.29) is 0 Å². The highest BCUT2D eigenvalue weighted by Gasteiger charge is 2.13. The van der Waals surface area contributed by atoms with E-state index in [4.69, 9.17) is 0 Å². The van der Waals surface area contributed by atoms with Gasteiger partial charge in [0.15, 0.2) is 0 Å². The van der Waals surface area contributed by atoms with Gasteiger partial charge in [-0.3, -0.25) is 0 Å². The molecule has 2 aliphatic rings. The quantitative estimate of drug-likeness (QED) is 0.676. The standard InChI is InChI=1S/C13H23N/c1-2-8-13(9-3-1)14-11-10-12-6-4-5-7-12/h4,6,12-14H,1-3,5,7-11H2. The van der Waals surface area contributed by atoms with E-state index in [1.165, 1.54) is 57.9 Å². The Hall–Kier alpha value is -0.300. The Labute approximate surface area is 88.0 Å². The summed E-state index contributed by atoms with van der Waals surface area (Å²) in [4.78, 5) is 0. The van der Waals surface area contributed by atoms with Gasteiger partial charge < -0.3 is 5.32 Å². The fourth-order valence-corrected chi connectivity index (χ4v) is 2.72. The predicted octanol–water partition coefficient (Wildman–Crippen LogP) is 3.27. The number of nitrogens with one attached hydrogen (secondary N) is 1. The van der Waals surface area contributed by atoms with E-state index in [2.05, 4.69) is 17.5 Å². The summed E-state index contributed by atoms with van der Waals surface area (Å²) >= 11 is 0. The van der Waals surface area contributed by atoms with Crippen LogP contribution in [-0.4, -0.2) is 12.6 Å². The van der Waals surface area contributed by atoms with Crippen LogP contribution >= 0.6 is 0 Å². The molecule has 0 radical (unpaired) electrons. The molecule has 0 heterocycles. The molecule has 0 amide bonds. The normalized spacial score (nSPS) is 28.4. The van der Waals surface area contributed by atoms with Crippen LogP contribution in [0.25, 0.3) is 0 Å². The molecule has 14 heavy (non-hydrogen) atoms. The topological polar surface area (TPSA) is 12.0 Å². The zero-order chi connectivity index (χ0) is 9.64. The minimum absolute atomic E-state index is 0.842. The smallest absolute Gasteiger partial charge is 0.00670 e. The lowest BCUT2D eigenvalue weighted by Gasteiger charge is -2.23. The second-order valence-electron chi connectivity index (χ2n) is 4.84. The van der Waals surface area contributed by atoms with E-state index in [1.807, 2.05) is 0 Å². The molecule has 1 heteroatoms. The van der Waals surface area contributed by atoms with Crippen molar-refractivity contribution in [2.45, 2.75) is 57.4 Å². The first kappa shape index (κ1) is 10.2. The van der Waals surface area contributed by atoms with Crippen molar-refractivity contribution in [3.05, 3.63) is 12.2 Å². The van der Waals surface area contributed by atoms with Gasteiger partial charge in [0.2, 0.25) is 0 Å². The number of hydrogen-bond acceptors (Lipinski definition) is 1. The summed E-state index contributed by atoms with van der Waals surface area (Å²) in [6.07, 6.45) is 16.0. The lowest BCUT2D eigenvalue weighted by molar-refractivity contribution is 0.364. The van der Waals surface area contributed by atoms with Crippen molar-refractivity contribution < 1.29 is 0 Å². The Balaban J connectivity index is 1.55. The molecule has 1 N–H and O–H groups in total. The van der Waals surface area contributed by atoms with E-state index < -0.39 is 0 Å². The molecule has 0 aliphatic heterocycles. The predicted molar refractivity (Wildman–Crippen MR) is 61.4 cm³/mol. The van der Waals surface area contributed by atoms with Crippen molar-refractivity contribution in [1.29, 1.82) is 0 Å². The van der Waals surface area contributed by atoms with Gasteiger partial charge in [-0.05, 0) is 44.6 Å². The molecule has 1 saturated carbocycles. The largest absolute Gasteiger partial charge is 0.314 e. The molecule has 0 saturated heterocycles. The van der Waals surface area contributed by atoms with Crippen LogP contribution in [0.4, 0.5) is 0 Å². The minimum Gasteiger partial charge on any atom is -0.314 e. The summed E-state index contributed by atoms with van der Waals surface area (Å²) in [5.74, 6) is 0.881. The molecule has 0 aromatic carbocycles. The van der Waals surface area contributed by atoms with E-state index >= 15 is 0 Å². The van der Waals surface area contributed by atoms with Gasteiger partial charge in [-0.2, -0.15) is 0 Å². The van der Waals surface area contributed by atoms with Crippen LogP contribution in [0.3, 0.4) is 0 Å². The van der Waals surface area contributed by atoms with Gasteiger partial charge in [-0.15, -0.1) is 0 Å². The van der Waals surface area contributed by atoms with Crippen LogP contribution in [0.1, 0.15) is 51.4 Å². The van der Waals surface area contributed by atoms with Crippen LogP contribution in [-0.2, 0) is 0 Å². The van der Waals surface area contributed by atoms with Crippen molar-refractivity contribution in [1.82, 2.24) is 5.32 Å². The first-order valence-electron chi connectivity index (χ1n) is 6.35. The van der Waals surface area contributed by atoms with Crippen molar-refractivity contribution in [3.8, 4) is 0 Å². The third-order valence-corrected chi connectivity index (χ3v) is 3.67. The maximum Gasteiger partial charge on any atom is 0.00670 e. The summed E-state index contributed by atoms with van der Waals surface area (Å²) in [5, 5.41) is 3.71. The number of allylic oxidation sites excluding steroid dienone is 2. The molecule has 0 bridgehead atoms. The second-order valence-corrected chi connectivity index (χ2v) is 4.84. The molecule has 0 spiro atoms. The van der Waals surface area contributed by atoms with Crippen LogP contribution in [0, 0.1) is 5.92 Å². The maximum atomic E-state index is 3.71. The Kier molecular flexibility index (Phi) is 4.05. The summed E-state index contributed by atoms with van der Waals surface area (Å²) in [5.41, 5.74) is 0. The Morgan fingerprint density at radius 2 is 1.93 bits per heavy atom. The van der Waals surface area contributed by atoms with Gasteiger partial charge in [-0.25, -0.2) is 0 Å². The minimum atomic E-state index is 0.842. The highest BCUT2D eigenvalue weighted by atomic mass is 14.9. The molecule has 1 fully saturated rings.